The summed E-state index contributed by atoms with van der Waals surface area (Å²) in [6.07, 6.45) is 0. The van der Waals surface area contributed by atoms with E-state index >= 15 is 0 Å². The molecule has 0 amide bonds. The van der Waals surface area contributed by atoms with E-state index in [1.807, 2.05) is 20.8 Å². The van der Waals surface area contributed by atoms with Gasteiger partial charge in [-0.2, -0.15) is 0 Å². The SMILES string of the molecule is CC(C)(O)Cn1nnc2cc(C(C)(C)C)c(F)cc21. The Morgan fingerprint density at radius 3 is 2.37 bits per heavy atom. The van der Waals surface area contributed by atoms with Gasteiger partial charge in [0, 0.05) is 6.07 Å². The first kappa shape index (κ1) is 13.9. The summed E-state index contributed by atoms with van der Waals surface area (Å²) in [5.74, 6) is -0.265. The van der Waals surface area contributed by atoms with Crippen LogP contribution in [0.4, 0.5) is 4.39 Å². The Bertz CT molecular complexity index is 605. The van der Waals surface area contributed by atoms with Gasteiger partial charge in [0.1, 0.15) is 11.3 Å². The highest BCUT2D eigenvalue weighted by Gasteiger charge is 2.22. The number of benzene rings is 1. The molecule has 4 nitrogen and oxygen atoms in total. The van der Waals surface area contributed by atoms with E-state index in [0.717, 1.165) is 0 Å². The molecular weight excluding hydrogens is 245 g/mol. The van der Waals surface area contributed by atoms with Gasteiger partial charge in [0.15, 0.2) is 0 Å². The maximum absolute atomic E-state index is 14.2. The number of hydrogen-bond acceptors (Lipinski definition) is 3. The molecule has 0 aliphatic carbocycles. The summed E-state index contributed by atoms with van der Waals surface area (Å²) in [5.41, 5.74) is 0.677. The van der Waals surface area contributed by atoms with E-state index in [0.29, 0.717) is 16.6 Å². The first-order valence-electron chi connectivity index (χ1n) is 6.33. The van der Waals surface area contributed by atoms with Crippen LogP contribution in [0.1, 0.15) is 40.2 Å². The van der Waals surface area contributed by atoms with E-state index in [1.165, 1.54) is 10.7 Å². The molecule has 0 radical (unpaired) electrons. The van der Waals surface area contributed by atoms with E-state index < -0.39 is 5.60 Å². The molecule has 5 heteroatoms. The van der Waals surface area contributed by atoms with Crippen LogP contribution in [-0.4, -0.2) is 25.7 Å². The van der Waals surface area contributed by atoms with Gasteiger partial charge >= 0.3 is 0 Å². The van der Waals surface area contributed by atoms with Crippen LogP contribution in [0.5, 0.6) is 0 Å². The fourth-order valence-electron chi connectivity index (χ4n) is 2.05. The van der Waals surface area contributed by atoms with E-state index in [-0.39, 0.29) is 17.8 Å². The molecule has 0 saturated carbocycles. The molecule has 0 saturated heterocycles. The monoisotopic (exact) mass is 265 g/mol. The first-order chi connectivity index (χ1) is 8.58. The molecular formula is C14H20FN3O. The van der Waals surface area contributed by atoms with Crippen molar-refractivity contribution in [2.45, 2.75) is 52.2 Å². The van der Waals surface area contributed by atoms with Crippen molar-refractivity contribution in [3.05, 3.63) is 23.5 Å². The summed E-state index contributed by atoms with van der Waals surface area (Å²) in [6, 6.07) is 3.18. The highest BCUT2D eigenvalue weighted by Crippen LogP contribution is 2.28. The van der Waals surface area contributed by atoms with Crippen molar-refractivity contribution in [2.75, 3.05) is 0 Å². The molecule has 2 rings (SSSR count). The van der Waals surface area contributed by atoms with Crippen LogP contribution >= 0.6 is 0 Å². The quantitative estimate of drug-likeness (QED) is 0.908. The van der Waals surface area contributed by atoms with Crippen molar-refractivity contribution in [3.63, 3.8) is 0 Å². The van der Waals surface area contributed by atoms with Gasteiger partial charge in [0.25, 0.3) is 0 Å². The lowest BCUT2D eigenvalue weighted by Crippen LogP contribution is -2.26. The van der Waals surface area contributed by atoms with Gasteiger partial charge in [0.05, 0.1) is 17.7 Å². The van der Waals surface area contributed by atoms with E-state index in [1.54, 1.807) is 19.9 Å². The second-order valence-corrected chi connectivity index (χ2v) is 6.63. The summed E-state index contributed by atoms with van der Waals surface area (Å²) in [5, 5.41) is 17.9. The maximum atomic E-state index is 14.2. The molecule has 0 aliphatic rings. The van der Waals surface area contributed by atoms with Crippen molar-refractivity contribution in [2.24, 2.45) is 0 Å². The lowest BCUT2D eigenvalue weighted by Gasteiger charge is -2.20. The van der Waals surface area contributed by atoms with Crippen LogP contribution in [0.3, 0.4) is 0 Å². The molecule has 1 aromatic heterocycles. The summed E-state index contributed by atoms with van der Waals surface area (Å²) < 4.78 is 15.7. The largest absolute Gasteiger partial charge is 0.389 e. The van der Waals surface area contributed by atoms with Crippen molar-refractivity contribution >= 4 is 11.0 Å². The summed E-state index contributed by atoms with van der Waals surface area (Å²) in [6.45, 7) is 9.51. The Morgan fingerprint density at radius 2 is 1.84 bits per heavy atom. The Hall–Kier alpha value is -1.49. The molecule has 0 unspecified atom stereocenters. The Labute approximate surface area is 112 Å². The predicted octanol–water partition coefficient (Wildman–Crippen LogP) is 2.64. The van der Waals surface area contributed by atoms with Crippen molar-refractivity contribution < 1.29 is 9.50 Å². The van der Waals surface area contributed by atoms with Gasteiger partial charge in [-0.15, -0.1) is 5.10 Å². The smallest absolute Gasteiger partial charge is 0.129 e. The second kappa shape index (κ2) is 4.27. The average molecular weight is 265 g/mol. The average Bonchev–Trinajstić information content (AvgIpc) is 2.56. The number of hydrogen-bond donors (Lipinski definition) is 1. The lowest BCUT2D eigenvalue weighted by molar-refractivity contribution is 0.0585. The number of aromatic nitrogens is 3. The summed E-state index contributed by atoms with van der Waals surface area (Å²) >= 11 is 0. The summed E-state index contributed by atoms with van der Waals surface area (Å²) in [7, 11) is 0. The standard InChI is InChI=1S/C14H20FN3O/c1-13(2,3)9-6-11-12(7-10(9)15)18(17-16-11)8-14(4,5)19/h6-7,19H,8H2,1-5H3. The molecule has 104 valence electrons. The molecule has 19 heavy (non-hydrogen) atoms. The highest BCUT2D eigenvalue weighted by atomic mass is 19.1. The van der Waals surface area contributed by atoms with Crippen molar-refractivity contribution in [1.29, 1.82) is 0 Å². The zero-order valence-electron chi connectivity index (χ0n) is 12.0. The first-order valence-corrected chi connectivity index (χ1v) is 6.33. The number of nitrogens with zero attached hydrogens (tertiary/aromatic N) is 3. The van der Waals surface area contributed by atoms with Gasteiger partial charge in [-0.1, -0.05) is 26.0 Å². The van der Waals surface area contributed by atoms with Gasteiger partial charge in [0.2, 0.25) is 0 Å². The van der Waals surface area contributed by atoms with Gasteiger partial charge in [-0.25, -0.2) is 9.07 Å². The minimum atomic E-state index is -0.917. The Kier molecular flexibility index (Phi) is 3.13. The van der Waals surface area contributed by atoms with Crippen LogP contribution in [0.15, 0.2) is 12.1 Å². The number of halogens is 1. The lowest BCUT2D eigenvalue weighted by atomic mass is 9.86. The normalized spacial score (nSPS) is 13.2. The number of rotatable bonds is 2. The molecule has 1 heterocycles. The molecule has 1 aromatic carbocycles. The zero-order valence-corrected chi connectivity index (χ0v) is 12.0. The summed E-state index contributed by atoms with van der Waals surface area (Å²) in [4.78, 5) is 0. The minimum absolute atomic E-state index is 0.265. The van der Waals surface area contributed by atoms with Crippen molar-refractivity contribution in [1.82, 2.24) is 15.0 Å². The molecule has 0 spiro atoms. The third-order valence-corrected chi connectivity index (χ3v) is 2.95. The zero-order chi connectivity index (χ0) is 14.4. The third kappa shape index (κ3) is 2.92. The molecule has 1 N–H and O–H groups in total. The Balaban J connectivity index is 2.55. The van der Waals surface area contributed by atoms with Crippen LogP contribution in [0.25, 0.3) is 11.0 Å². The second-order valence-electron chi connectivity index (χ2n) is 6.63. The van der Waals surface area contributed by atoms with E-state index in [9.17, 15) is 9.50 Å². The van der Waals surface area contributed by atoms with Crippen LogP contribution in [-0.2, 0) is 12.0 Å². The minimum Gasteiger partial charge on any atom is -0.389 e. The third-order valence-electron chi connectivity index (χ3n) is 2.95. The fourth-order valence-corrected chi connectivity index (χ4v) is 2.05. The van der Waals surface area contributed by atoms with Crippen molar-refractivity contribution in [3.8, 4) is 0 Å². The van der Waals surface area contributed by atoms with Crippen LogP contribution in [0, 0.1) is 5.82 Å². The number of aliphatic hydroxyl groups is 1. The van der Waals surface area contributed by atoms with E-state index in [4.69, 9.17) is 0 Å². The molecule has 2 aromatic rings. The topological polar surface area (TPSA) is 50.9 Å². The molecule has 0 aliphatic heterocycles. The van der Waals surface area contributed by atoms with E-state index in [2.05, 4.69) is 10.3 Å². The predicted molar refractivity (Wildman–Crippen MR) is 72.5 cm³/mol. The van der Waals surface area contributed by atoms with Crippen LogP contribution in [0.2, 0.25) is 0 Å². The molecule has 0 bridgehead atoms. The van der Waals surface area contributed by atoms with Gasteiger partial charge in [-0.3, -0.25) is 0 Å². The van der Waals surface area contributed by atoms with Gasteiger partial charge in [-0.05, 0) is 30.9 Å². The fraction of sp³-hybridized carbons (Fsp3) is 0.571. The Morgan fingerprint density at radius 1 is 1.21 bits per heavy atom. The number of fused-ring (bicyclic) bond motifs is 1. The highest BCUT2D eigenvalue weighted by molar-refractivity contribution is 5.75. The maximum Gasteiger partial charge on any atom is 0.129 e. The molecule has 0 fully saturated rings. The van der Waals surface area contributed by atoms with Gasteiger partial charge < -0.3 is 5.11 Å². The molecule has 0 atom stereocenters. The van der Waals surface area contributed by atoms with Crippen LogP contribution < -0.4 is 0 Å².